The van der Waals surface area contributed by atoms with Gasteiger partial charge in [-0.25, -0.2) is 8.42 Å². The molecule has 2 aromatic carbocycles. The quantitative estimate of drug-likeness (QED) is 0.693. The summed E-state index contributed by atoms with van der Waals surface area (Å²) in [7, 11) is -3.50. The molecule has 1 unspecified atom stereocenters. The fraction of sp³-hybridized carbons (Fsp3) is 0.286. The Morgan fingerprint density at radius 1 is 1.11 bits per heavy atom. The highest BCUT2D eigenvalue weighted by Crippen LogP contribution is 2.26. The van der Waals surface area contributed by atoms with Crippen LogP contribution in [0.1, 0.15) is 18.4 Å². The van der Waals surface area contributed by atoms with Crippen molar-refractivity contribution in [2.24, 2.45) is 5.92 Å². The van der Waals surface area contributed by atoms with E-state index in [1.54, 1.807) is 17.5 Å². The van der Waals surface area contributed by atoms with Gasteiger partial charge in [0, 0.05) is 19.6 Å². The van der Waals surface area contributed by atoms with Crippen LogP contribution in [0.4, 0.5) is 0 Å². The highest BCUT2D eigenvalue weighted by atomic mass is 32.2. The molecule has 0 bridgehead atoms. The van der Waals surface area contributed by atoms with Gasteiger partial charge < -0.3 is 5.32 Å². The summed E-state index contributed by atoms with van der Waals surface area (Å²) in [6.07, 6.45) is 1.40. The maximum atomic E-state index is 12.7. The van der Waals surface area contributed by atoms with Crippen molar-refractivity contribution in [3.05, 3.63) is 65.5 Å². The summed E-state index contributed by atoms with van der Waals surface area (Å²) >= 11 is 1.21. The number of thiophene rings is 1. The molecule has 4 rings (SSSR count). The zero-order valence-corrected chi connectivity index (χ0v) is 17.0. The average molecular weight is 415 g/mol. The number of hydrogen-bond donors (Lipinski definition) is 1. The van der Waals surface area contributed by atoms with Gasteiger partial charge in [0.25, 0.3) is 10.0 Å². The van der Waals surface area contributed by atoms with Crippen LogP contribution in [-0.2, 0) is 21.4 Å². The number of benzene rings is 2. The lowest BCUT2D eigenvalue weighted by atomic mass is 9.98. The van der Waals surface area contributed by atoms with Gasteiger partial charge in [-0.2, -0.15) is 4.31 Å². The molecule has 146 valence electrons. The molecule has 1 aliphatic rings. The van der Waals surface area contributed by atoms with Gasteiger partial charge in [-0.1, -0.05) is 42.5 Å². The van der Waals surface area contributed by atoms with Crippen LogP contribution >= 0.6 is 11.3 Å². The van der Waals surface area contributed by atoms with E-state index in [9.17, 15) is 13.2 Å². The summed E-state index contributed by atoms with van der Waals surface area (Å²) in [4.78, 5) is 12.7. The summed E-state index contributed by atoms with van der Waals surface area (Å²) in [5.41, 5.74) is 1.03. The van der Waals surface area contributed by atoms with Crippen molar-refractivity contribution >= 4 is 38.0 Å². The molecule has 0 saturated carbocycles. The fourth-order valence-electron chi connectivity index (χ4n) is 3.59. The smallest absolute Gasteiger partial charge is 0.252 e. The maximum absolute atomic E-state index is 12.7. The lowest BCUT2D eigenvalue weighted by Gasteiger charge is -2.30. The standard InChI is InChI=1S/C21H22N2O3S2/c24-21(22-14-16-9-10-17-5-1-2-6-18(17)13-16)19-7-3-11-23(15-19)28(25,26)20-8-4-12-27-20/h1-2,4-6,8-10,12-13,19H,3,7,11,14-15H2,(H,22,24). The largest absolute Gasteiger partial charge is 0.352 e. The Balaban J connectivity index is 1.40. The number of hydrogen-bond acceptors (Lipinski definition) is 4. The number of carbonyl (C=O) groups is 1. The molecule has 0 spiro atoms. The van der Waals surface area contributed by atoms with Gasteiger partial charge in [0.15, 0.2) is 0 Å². The highest BCUT2D eigenvalue weighted by Gasteiger charge is 2.33. The van der Waals surface area contributed by atoms with Crippen molar-refractivity contribution in [1.29, 1.82) is 0 Å². The Hall–Kier alpha value is -2.22. The minimum atomic E-state index is -3.50. The number of piperidine rings is 1. The molecule has 5 nitrogen and oxygen atoms in total. The van der Waals surface area contributed by atoms with E-state index in [0.29, 0.717) is 30.1 Å². The normalized spacial score (nSPS) is 18.2. The topological polar surface area (TPSA) is 66.5 Å². The molecular weight excluding hydrogens is 392 g/mol. The molecule has 0 aliphatic carbocycles. The molecule has 28 heavy (non-hydrogen) atoms. The number of carbonyl (C=O) groups excluding carboxylic acids is 1. The lowest BCUT2D eigenvalue weighted by molar-refractivity contribution is -0.126. The zero-order valence-electron chi connectivity index (χ0n) is 15.4. The third kappa shape index (κ3) is 3.97. The number of sulfonamides is 1. The van der Waals surface area contributed by atoms with Crippen LogP contribution in [0.2, 0.25) is 0 Å². The van der Waals surface area contributed by atoms with Crippen LogP contribution in [0, 0.1) is 5.92 Å². The van der Waals surface area contributed by atoms with E-state index in [4.69, 9.17) is 0 Å². The Morgan fingerprint density at radius 2 is 1.93 bits per heavy atom. The molecule has 1 aromatic heterocycles. The third-order valence-corrected chi connectivity index (χ3v) is 8.36. The first-order valence-electron chi connectivity index (χ1n) is 9.33. The number of fused-ring (bicyclic) bond motifs is 1. The first kappa shape index (κ1) is 19.1. The zero-order chi connectivity index (χ0) is 19.6. The van der Waals surface area contributed by atoms with Gasteiger partial charge in [-0.15, -0.1) is 11.3 Å². The molecule has 2 heterocycles. The van der Waals surface area contributed by atoms with Crippen LogP contribution in [0.3, 0.4) is 0 Å². The van der Waals surface area contributed by atoms with E-state index < -0.39 is 10.0 Å². The Morgan fingerprint density at radius 3 is 2.71 bits per heavy atom. The summed E-state index contributed by atoms with van der Waals surface area (Å²) in [5, 5.41) is 7.04. The van der Waals surface area contributed by atoms with Crippen LogP contribution in [0.15, 0.2) is 64.2 Å². The third-order valence-electron chi connectivity index (χ3n) is 5.12. The second kappa shape index (κ2) is 8.03. The monoisotopic (exact) mass is 414 g/mol. The van der Waals surface area contributed by atoms with E-state index >= 15 is 0 Å². The molecule has 0 radical (unpaired) electrons. The number of rotatable bonds is 5. The minimum Gasteiger partial charge on any atom is -0.352 e. The average Bonchev–Trinajstić information content (AvgIpc) is 3.28. The highest BCUT2D eigenvalue weighted by molar-refractivity contribution is 7.91. The van der Waals surface area contributed by atoms with E-state index in [2.05, 4.69) is 23.5 Å². The second-order valence-electron chi connectivity index (χ2n) is 7.03. The Labute approximate surface area is 169 Å². The Bertz CT molecular complexity index is 1080. The summed E-state index contributed by atoms with van der Waals surface area (Å²) < 4.78 is 27.2. The Kier molecular flexibility index (Phi) is 5.48. The van der Waals surface area contributed by atoms with Crippen LogP contribution in [-0.4, -0.2) is 31.7 Å². The molecule has 1 fully saturated rings. The van der Waals surface area contributed by atoms with Crippen molar-refractivity contribution in [1.82, 2.24) is 9.62 Å². The van der Waals surface area contributed by atoms with E-state index in [-0.39, 0.29) is 18.4 Å². The molecule has 1 saturated heterocycles. The van der Waals surface area contributed by atoms with Gasteiger partial charge >= 0.3 is 0 Å². The molecule has 7 heteroatoms. The summed E-state index contributed by atoms with van der Waals surface area (Å²) in [6.45, 7) is 1.15. The van der Waals surface area contributed by atoms with Crippen molar-refractivity contribution in [2.45, 2.75) is 23.6 Å². The van der Waals surface area contributed by atoms with Crippen molar-refractivity contribution in [2.75, 3.05) is 13.1 Å². The van der Waals surface area contributed by atoms with Crippen LogP contribution in [0.25, 0.3) is 10.8 Å². The van der Waals surface area contributed by atoms with E-state index in [1.807, 2.05) is 24.3 Å². The van der Waals surface area contributed by atoms with E-state index in [0.717, 1.165) is 10.9 Å². The van der Waals surface area contributed by atoms with Gasteiger partial charge in [0.1, 0.15) is 4.21 Å². The van der Waals surface area contributed by atoms with Gasteiger partial charge in [0.05, 0.1) is 5.92 Å². The molecular formula is C21H22N2O3S2. The predicted octanol–water partition coefficient (Wildman–Crippen LogP) is 3.62. The maximum Gasteiger partial charge on any atom is 0.252 e. The van der Waals surface area contributed by atoms with E-state index in [1.165, 1.54) is 21.0 Å². The SMILES string of the molecule is O=C(NCc1ccc2ccccc2c1)C1CCCN(S(=O)(=O)c2cccs2)C1. The first-order chi connectivity index (χ1) is 13.5. The lowest BCUT2D eigenvalue weighted by Crippen LogP contribution is -2.45. The van der Waals surface area contributed by atoms with Crippen molar-refractivity contribution < 1.29 is 13.2 Å². The fourth-order valence-corrected chi connectivity index (χ4v) is 6.26. The predicted molar refractivity (Wildman–Crippen MR) is 112 cm³/mol. The summed E-state index contributed by atoms with van der Waals surface area (Å²) in [5.74, 6) is -0.400. The van der Waals surface area contributed by atoms with Crippen LogP contribution < -0.4 is 5.32 Å². The number of nitrogens with one attached hydrogen (secondary N) is 1. The molecule has 1 N–H and O–H groups in total. The molecule has 1 atom stereocenters. The number of nitrogens with zero attached hydrogens (tertiary/aromatic N) is 1. The number of amides is 1. The molecule has 1 aliphatic heterocycles. The first-order valence-corrected chi connectivity index (χ1v) is 11.6. The summed E-state index contributed by atoms with van der Waals surface area (Å²) in [6, 6.07) is 17.6. The van der Waals surface area contributed by atoms with Gasteiger partial charge in [-0.05, 0) is 46.7 Å². The molecule has 1 amide bonds. The van der Waals surface area contributed by atoms with Gasteiger partial charge in [0.2, 0.25) is 5.91 Å². The minimum absolute atomic E-state index is 0.0840. The van der Waals surface area contributed by atoms with Gasteiger partial charge in [-0.3, -0.25) is 4.79 Å². The van der Waals surface area contributed by atoms with Crippen molar-refractivity contribution in [3.8, 4) is 0 Å². The second-order valence-corrected chi connectivity index (χ2v) is 10.1. The molecule has 3 aromatic rings. The van der Waals surface area contributed by atoms with Crippen molar-refractivity contribution in [3.63, 3.8) is 0 Å². The van der Waals surface area contributed by atoms with Crippen LogP contribution in [0.5, 0.6) is 0 Å².